The summed E-state index contributed by atoms with van der Waals surface area (Å²) in [6, 6.07) is 4.16. The first-order chi connectivity index (χ1) is 13.0. The molecule has 0 saturated heterocycles. The van der Waals surface area contributed by atoms with Crippen LogP contribution in [-0.2, 0) is 26.6 Å². The SMILES string of the molecule is CN=C(NCc1c(C)nn(C)c1C)N1CCc2cc(OC)c(OC)cc2C1.I. The number of nitrogens with zero attached hydrogens (tertiary/aromatic N) is 4. The third-order valence-corrected chi connectivity index (χ3v) is 5.31. The van der Waals surface area contributed by atoms with Crippen molar-refractivity contribution in [3.63, 3.8) is 0 Å². The third-order valence-electron chi connectivity index (χ3n) is 5.31. The van der Waals surface area contributed by atoms with Crippen LogP contribution in [0.1, 0.15) is 28.1 Å². The summed E-state index contributed by atoms with van der Waals surface area (Å²) in [5.41, 5.74) is 6.01. The zero-order valence-corrected chi connectivity index (χ0v) is 19.8. The smallest absolute Gasteiger partial charge is 0.194 e. The number of hydrogen-bond acceptors (Lipinski definition) is 4. The number of aryl methyl sites for hydroxylation is 2. The molecule has 0 saturated carbocycles. The average Bonchev–Trinajstić information content (AvgIpc) is 2.92. The van der Waals surface area contributed by atoms with E-state index in [0.717, 1.165) is 42.7 Å². The van der Waals surface area contributed by atoms with Gasteiger partial charge in [0.25, 0.3) is 0 Å². The molecule has 8 heteroatoms. The predicted molar refractivity (Wildman–Crippen MR) is 122 cm³/mol. The Morgan fingerprint density at radius 1 is 1.18 bits per heavy atom. The molecule has 0 unspecified atom stereocenters. The molecule has 0 fully saturated rings. The molecule has 154 valence electrons. The van der Waals surface area contributed by atoms with Crippen molar-refractivity contribution in [3.8, 4) is 11.5 Å². The highest BCUT2D eigenvalue weighted by Crippen LogP contribution is 2.33. The van der Waals surface area contributed by atoms with E-state index in [4.69, 9.17) is 9.47 Å². The summed E-state index contributed by atoms with van der Waals surface area (Å²) >= 11 is 0. The number of methoxy groups -OCH3 is 2. The first-order valence-electron chi connectivity index (χ1n) is 9.16. The zero-order chi connectivity index (χ0) is 19.6. The van der Waals surface area contributed by atoms with Gasteiger partial charge in [-0.2, -0.15) is 5.10 Å². The number of halogens is 1. The van der Waals surface area contributed by atoms with Crippen molar-refractivity contribution in [1.29, 1.82) is 0 Å². The summed E-state index contributed by atoms with van der Waals surface area (Å²) < 4.78 is 12.8. The van der Waals surface area contributed by atoms with E-state index < -0.39 is 0 Å². The Labute approximate surface area is 184 Å². The molecule has 2 aromatic rings. The van der Waals surface area contributed by atoms with Crippen LogP contribution in [0.25, 0.3) is 0 Å². The maximum Gasteiger partial charge on any atom is 0.194 e. The highest BCUT2D eigenvalue weighted by atomic mass is 127. The number of ether oxygens (including phenoxy) is 2. The van der Waals surface area contributed by atoms with Crippen molar-refractivity contribution < 1.29 is 9.47 Å². The van der Waals surface area contributed by atoms with Crippen molar-refractivity contribution in [2.45, 2.75) is 33.4 Å². The molecule has 1 N–H and O–H groups in total. The normalized spacial score (nSPS) is 13.6. The van der Waals surface area contributed by atoms with Crippen LogP contribution in [0.15, 0.2) is 17.1 Å². The molecule has 0 atom stereocenters. The van der Waals surface area contributed by atoms with Crippen molar-refractivity contribution in [3.05, 3.63) is 40.2 Å². The Hall–Kier alpha value is -1.97. The van der Waals surface area contributed by atoms with Crippen LogP contribution in [0.5, 0.6) is 11.5 Å². The fourth-order valence-electron chi connectivity index (χ4n) is 3.64. The molecule has 1 aromatic carbocycles. The van der Waals surface area contributed by atoms with Gasteiger partial charge in [-0.1, -0.05) is 0 Å². The van der Waals surface area contributed by atoms with Gasteiger partial charge in [0, 0.05) is 45.0 Å². The Morgan fingerprint density at radius 2 is 1.82 bits per heavy atom. The van der Waals surface area contributed by atoms with E-state index in [0.29, 0.717) is 6.54 Å². The highest BCUT2D eigenvalue weighted by Gasteiger charge is 2.22. The van der Waals surface area contributed by atoms with Crippen LogP contribution in [0.4, 0.5) is 0 Å². The number of hydrogen-bond donors (Lipinski definition) is 1. The lowest BCUT2D eigenvalue weighted by Crippen LogP contribution is -2.43. The van der Waals surface area contributed by atoms with Crippen molar-refractivity contribution in [2.24, 2.45) is 12.0 Å². The molecule has 1 aliphatic rings. The minimum Gasteiger partial charge on any atom is -0.493 e. The van der Waals surface area contributed by atoms with Gasteiger partial charge in [0.2, 0.25) is 0 Å². The quantitative estimate of drug-likeness (QED) is 0.399. The number of aromatic nitrogens is 2. The molecule has 0 aliphatic carbocycles. The molecule has 28 heavy (non-hydrogen) atoms. The monoisotopic (exact) mass is 499 g/mol. The molecule has 0 amide bonds. The van der Waals surface area contributed by atoms with Crippen LogP contribution in [0.2, 0.25) is 0 Å². The summed E-state index contributed by atoms with van der Waals surface area (Å²) in [6.45, 7) is 6.56. The number of fused-ring (bicyclic) bond motifs is 1. The number of nitrogens with one attached hydrogen (secondary N) is 1. The van der Waals surface area contributed by atoms with E-state index in [1.165, 1.54) is 22.4 Å². The number of benzene rings is 1. The molecule has 1 aliphatic heterocycles. The molecule has 7 nitrogen and oxygen atoms in total. The Bertz CT molecular complexity index is 863. The fourth-order valence-corrected chi connectivity index (χ4v) is 3.64. The van der Waals surface area contributed by atoms with Gasteiger partial charge in [0.15, 0.2) is 17.5 Å². The van der Waals surface area contributed by atoms with Gasteiger partial charge in [-0.15, -0.1) is 24.0 Å². The Balaban J connectivity index is 0.00000280. The summed E-state index contributed by atoms with van der Waals surface area (Å²) in [4.78, 5) is 6.76. The van der Waals surface area contributed by atoms with Gasteiger partial charge in [0.1, 0.15) is 0 Å². The molecule has 3 rings (SSSR count). The van der Waals surface area contributed by atoms with E-state index in [1.807, 2.05) is 25.7 Å². The van der Waals surface area contributed by atoms with Crippen molar-refractivity contribution >= 4 is 29.9 Å². The van der Waals surface area contributed by atoms with Crippen LogP contribution in [0.3, 0.4) is 0 Å². The van der Waals surface area contributed by atoms with Gasteiger partial charge in [-0.05, 0) is 43.5 Å². The largest absolute Gasteiger partial charge is 0.493 e. The molecule has 0 radical (unpaired) electrons. The number of aliphatic imine (C=N–C) groups is 1. The molecular weight excluding hydrogens is 469 g/mol. The third kappa shape index (κ3) is 4.37. The minimum atomic E-state index is 0. The van der Waals surface area contributed by atoms with Crippen molar-refractivity contribution in [2.75, 3.05) is 27.8 Å². The predicted octanol–water partition coefficient (Wildman–Crippen LogP) is 2.81. The zero-order valence-electron chi connectivity index (χ0n) is 17.5. The Kier molecular flexibility index (Phi) is 7.56. The van der Waals surface area contributed by atoms with E-state index >= 15 is 0 Å². The summed E-state index contributed by atoms with van der Waals surface area (Å²) in [5.74, 6) is 2.45. The second kappa shape index (κ2) is 9.49. The summed E-state index contributed by atoms with van der Waals surface area (Å²) in [5, 5.41) is 7.99. The molecule has 0 bridgehead atoms. The van der Waals surface area contributed by atoms with E-state index in [1.54, 1.807) is 14.2 Å². The minimum absolute atomic E-state index is 0. The van der Waals surface area contributed by atoms with Gasteiger partial charge in [-0.3, -0.25) is 9.67 Å². The van der Waals surface area contributed by atoms with Crippen LogP contribution in [0, 0.1) is 13.8 Å². The Morgan fingerprint density at radius 3 is 2.36 bits per heavy atom. The van der Waals surface area contributed by atoms with Crippen LogP contribution in [-0.4, -0.2) is 48.5 Å². The number of guanidine groups is 1. The highest BCUT2D eigenvalue weighted by molar-refractivity contribution is 14.0. The molecular formula is C20H30IN5O2. The lowest BCUT2D eigenvalue weighted by molar-refractivity contribution is 0.346. The lowest BCUT2D eigenvalue weighted by Gasteiger charge is -2.32. The lowest BCUT2D eigenvalue weighted by atomic mass is 9.99. The van der Waals surface area contributed by atoms with Gasteiger partial charge >= 0.3 is 0 Å². The standard InChI is InChI=1S/C20H29N5O2.HI/c1-13-17(14(2)24(4)23-13)11-22-20(21-3)25-8-7-15-9-18(26-5)19(27-6)10-16(15)12-25;/h9-10H,7-8,11-12H2,1-6H3,(H,21,22);1H. The van der Waals surface area contributed by atoms with Gasteiger partial charge in [0.05, 0.1) is 19.9 Å². The van der Waals surface area contributed by atoms with Gasteiger partial charge in [-0.25, -0.2) is 0 Å². The van der Waals surface area contributed by atoms with E-state index in [2.05, 4.69) is 39.4 Å². The van der Waals surface area contributed by atoms with Gasteiger partial charge < -0.3 is 19.7 Å². The van der Waals surface area contributed by atoms with Crippen LogP contribution >= 0.6 is 24.0 Å². The van der Waals surface area contributed by atoms with E-state index in [-0.39, 0.29) is 24.0 Å². The maximum atomic E-state index is 5.46. The summed E-state index contributed by atoms with van der Waals surface area (Å²) in [6.07, 6.45) is 0.946. The number of rotatable bonds is 4. The second-order valence-corrected chi connectivity index (χ2v) is 6.82. The van der Waals surface area contributed by atoms with E-state index in [9.17, 15) is 0 Å². The summed E-state index contributed by atoms with van der Waals surface area (Å²) in [7, 11) is 7.15. The maximum absolute atomic E-state index is 5.46. The fraction of sp³-hybridized carbons (Fsp3) is 0.500. The molecule has 1 aromatic heterocycles. The van der Waals surface area contributed by atoms with Crippen molar-refractivity contribution in [1.82, 2.24) is 20.0 Å². The molecule has 2 heterocycles. The first-order valence-corrected chi connectivity index (χ1v) is 9.16. The molecule has 0 spiro atoms. The topological polar surface area (TPSA) is 63.9 Å². The van der Waals surface area contributed by atoms with Crippen LogP contribution < -0.4 is 14.8 Å². The average molecular weight is 499 g/mol. The second-order valence-electron chi connectivity index (χ2n) is 6.82. The first kappa shape index (κ1) is 22.3.